The normalized spacial score (nSPS) is 10.2. The van der Waals surface area contributed by atoms with Crippen LogP contribution in [0, 0.1) is 11.3 Å². The summed E-state index contributed by atoms with van der Waals surface area (Å²) in [6.07, 6.45) is 2.92. The van der Waals surface area contributed by atoms with Crippen LogP contribution >= 0.6 is 11.6 Å². The monoisotopic (exact) mass is 400 g/mol. The van der Waals surface area contributed by atoms with Crippen LogP contribution in [0.1, 0.15) is 15.9 Å². The molecule has 1 amide bonds. The van der Waals surface area contributed by atoms with E-state index in [1.807, 2.05) is 6.07 Å². The van der Waals surface area contributed by atoms with Crippen molar-refractivity contribution in [2.24, 2.45) is 0 Å². The molecule has 2 aromatic rings. The van der Waals surface area contributed by atoms with Crippen molar-refractivity contribution in [3.05, 3.63) is 58.6 Å². The first-order chi connectivity index (χ1) is 13.5. The number of hydrogen-bond acceptors (Lipinski definition) is 6. The van der Waals surface area contributed by atoms with Gasteiger partial charge in [0.25, 0.3) is 0 Å². The number of amides is 1. The maximum Gasteiger partial charge on any atom is 0.339 e. The third-order valence-corrected chi connectivity index (χ3v) is 3.88. The number of halogens is 1. The van der Waals surface area contributed by atoms with Crippen LogP contribution in [0.3, 0.4) is 0 Å². The second-order valence-electron chi connectivity index (χ2n) is 5.37. The molecule has 0 saturated heterocycles. The van der Waals surface area contributed by atoms with Gasteiger partial charge in [-0.05, 0) is 42.0 Å². The Labute approximate surface area is 167 Å². The van der Waals surface area contributed by atoms with E-state index in [0.717, 1.165) is 0 Å². The molecule has 144 valence electrons. The molecule has 0 radical (unpaired) electrons. The summed E-state index contributed by atoms with van der Waals surface area (Å²) in [6, 6.07) is 11.4. The van der Waals surface area contributed by atoms with E-state index < -0.39 is 11.9 Å². The van der Waals surface area contributed by atoms with Crippen molar-refractivity contribution in [2.45, 2.75) is 0 Å². The van der Waals surface area contributed by atoms with Gasteiger partial charge in [0, 0.05) is 11.8 Å². The van der Waals surface area contributed by atoms with Crippen molar-refractivity contribution in [3.63, 3.8) is 0 Å². The van der Waals surface area contributed by atoms with E-state index in [-0.39, 0.29) is 17.2 Å². The zero-order valence-corrected chi connectivity index (χ0v) is 15.9. The lowest BCUT2D eigenvalue weighted by atomic mass is 10.1. The second kappa shape index (κ2) is 10.00. The summed E-state index contributed by atoms with van der Waals surface area (Å²) >= 11 is 5.95. The Morgan fingerprint density at radius 3 is 2.64 bits per heavy atom. The molecule has 2 rings (SSSR count). The Bertz CT molecular complexity index is 950. The zero-order valence-electron chi connectivity index (χ0n) is 15.2. The lowest BCUT2D eigenvalue weighted by Gasteiger charge is -2.09. The maximum atomic E-state index is 12.1. The van der Waals surface area contributed by atoms with E-state index in [2.05, 4.69) is 10.1 Å². The Morgan fingerprint density at radius 2 is 1.96 bits per heavy atom. The Balaban J connectivity index is 2.10. The Kier molecular flexibility index (Phi) is 7.43. The summed E-state index contributed by atoms with van der Waals surface area (Å²) in [5.74, 6) is -0.121. The average molecular weight is 401 g/mol. The molecule has 7 nitrogen and oxygen atoms in total. The van der Waals surface area contributed by atoms with Crippen LogP contribution in [0.15, 0.2) is 42.5 Å². The molecule has 28 heavy (non-hydrogen) atoms. The van der Waals surface area contributed by atoms with Crippen LogP contribution in [-0.2, 0) is 9.53 Å². The van der Waals surface area contributed by atoms with E-state index in [4.69, 9.17) is 26.3 Å². The Morgan fingerprint density at radius 1 is 1.18 bits per heavy atom. The number of hydrogen-bond donors (Lipinski definition) is 1. The van der Waals surface area contributed by atoms with Crippen LogP contribution in [0.2, 0.25) is 5.02 Å². The lowest BCUT2D eigenvalue weighted by Crippen LogP contribution is -2.09. The van der Waals surface area contributed by atoms with E-state index in [9.17, 15) is 9.59 Å². The SMILES string of the molecule is COC(=O)c1cc(NC(=O)C=Cc2ccc(OCC#N)c(OC)c2)ccc1Cl. The molecule has 0 aliphatic heterocycles. The smallest absolute Gasteiger partial charge is 0.339 e. The third-order valence-electron chi connectivity index (χ3n) is 3.55. The Hall–Kier alpha value is -3.50. The lowest BCUT2D eigenvalue weighted by molar-refractivity contribution is -0.111. The van der Waals surface area contributed by atoms with Gasteiger partial charge in [0.15, 0.2) is 18.1 Å². The number of nitrogens with one attached hydrogen (secondary N) is 1. The van der Waals surface area contributed by atoms with E-state index in [1.54, 1.807) is 30.3 Å². The molecule has 0 atom stereocenters. The molecule has 8 heteroatoms. The van der Waals surface area contributed by atoms with E-state index in [1.165, 1.54) is 32.4 Å². The molecule has 0 unspecified atom stereocenters. The molecule has 0 aliphatic rings. The molecule has 0 spiro atoms. The highest BCUT2D eigenvalue weighted by Crippen LogP contribution is 2.28. The molecule has 2 aromatic carbocycles. The molecule has 0 bridgehead atoms. The number of benzene rings is 2. The van der Waals surface area contributed by atoms with Crippen molar-refractivity contribution >= 4 is 35.2 Å². The fourth-order valence-electron chi connectivity index (χ4n) is 2.24. The highest BCUT2D eigenvalue weighted by atomic mass is 35.5. The minimum atomic E-state index is -0.595. The van der Waals surface area contributed by atoms with Gasteiger partial charge in [-0.25, -0.2) is 4.79 Å². The van der Waals surface area contributed by atoms with E-state index >= 15 is 0 Å². The van der Waals surface area contributed by atoms with Crippen LogP contribution in [0.25, 0.3) is 6.08 Å². The molecular weight excluding hydrogens is 384 g/mol. The quantitative estimate of drug-likeness (QED) is 0.562. The molecule has 0 fully saturated rings. The van der Waals surface area contributed by atoms with Crippen LogP contribution in [-0.4, -0.2) is 32.7 Å². The summed E-state index contributed by atoms with van der Waals surface area (Å²) in [7, 11) is 2.73. The average Bonchev–Trinajstić information content (AvgIpc) is 2.71. The van der Waals surface area contributed by atoms with Crippen molar-refractivity contribution in [1.82, 2.24) is 0 Å². The topological polar surface area (TPSA) is 97.6 Å². The molecule has 0 aliphatic carbocycles. The van der Waals surface area contributed by atoms with E-state index in [0.29, 0.717) is 22.7 Å². The van der Waals surface area contributed by atoms with Gasteiger partial charge in [0.1, 0.15) is 6.07 Å². The second-order valence-corrected chi connectivity index (χ2v) is 5.77. The van der Waals surface area contributed by atoms with Crippen LogP contribution < -0.4 is 14.8 Å². The van der Waals surface area contributed by atoms with Crippen molar-refractivity contribution in [1.29, 1.82) is 5.26 Å². The number of nitriles is 1. The van der Waals surface area contributed by atoms with Gasteiger partial charge in [-0.1, -0.05) is 17.7 Å². The third kappa shape index (κ3) is 5.50. The fourth-order valence-corrected chi connectivity index (χ4v) is 2.44. The number of methoxy groups -OCH3 is 2. The molecule has 0 aromatic heterocycles. The number of nitrogens with zero attached hydrogens (tertiary/aromatic N) is 1. The molecule has 1 N–H and O–H groups in total. The predicted octanol–water partition coefficient (Wildman–Crippen LogP) is 3.69. The summed E-state index contributed by atoms with van der Waals surface area (Å²) in [6.45, 7) is -0.0946. The van der Waals surface area contributed by atoms with Gasteiger partial charge in [0.2, 0.25) is 5.91 Å². The highest BCUT2D eigenvalue weighted by Gasteiger charge is 2.12. The number of carbonyl (C=O) groups is 2. The van der Waals surface area contributed by atoms with Crippen LogP contribution in [0.5, 0.6) is 11.5 Å². The fraction of sp³-hybridized carbons (Fsp3) is 0.150. The summed E-state index contributed by atoms with van der Waals surface area (Å²) in [4.78, 5) is 23.8. The minimum absolute atomic E-state index is 0.0946. The van der Waals surface area contributed by atoms with Crippen molar-refractivity contribution in [3.8, 4) is 17.6 Å². The molecule has 0 saturated carbocycles. The summed E-state index contributed by atoms with van der Waals surface area (Å²) < 4.78 is 15.1. The first-order valence-electron chi connectivity index (χ1n) is 8.03. The summed E-state index contributed by atoms with van der Waals surface area (Å²) in [5.41, 5.74) is 1.25. The number of anilines is 1. The molecular formula is C20H17ClN2O5. The maximum absolute atomic E-state index is 12.1. The first kappa shape index (κ1) is 20.8. The number of rotatable bonds is 7. The van der Waals surface area contributed by atoms with Crippen molar-refractivity contribution in [2.75, 3.05) is 26.1 Å². The van der Waals surface area contributed by atoms with Crippen LogP contribution in [0.4, 0.5) is 5.69 Å². The number of esters is 1. The standard InChI is InChI=1S/C20H17ClN2O5/c1-26-18-11-13(3-7-17(18)28-10-9-22)4-8-19(24)23-14-5-6-16(21)15(12-14)20(25)27-2/h3-8,11-12H,10H2,1-2H3,(H,23,24). The van der Waals surface area contributed by atoms with Gasteiger partial charge < -0.3 is 19.5 Å². The largest absolute Gasteiger partial charge is 0.493 e. The zero-order chi connectivity index (χ0) is 20.5. The van der Waals surface area contributed by atoms with Gasteiger partial charge in [0.05, 0.1) is 24.8 Å². The highest BCUT2D eigenvalue weighted by molar-refractivity contribution is 6.33. The van der Waals surface area contributed by atoms with Crippen molar-refractivity contribution < 1.29 is 23.8 Å². The van der Waals surface area contributed by atoms with Gasteiger partial charge in [-0.3, -0.25) is 4.79 Å². The van der Waals surface area contributed by atoms with Gasteiger partial charge in [-0.2, -0.15) is 5.26 Å². The van der Waals surface area contributed by atoms with Gasteiger partial charge in [-0.15, -0.1) is 0 Å². The first-order valence-corrected chi connectivity index (χ1v) is 8.41. The van der Waals surface area contributed by atoms with Gasteiger partial charge >= 0.3 is 5.97 Å². The predicted molar refractivity (Wildman–Crippen MR) is 105 cm³/mol. The number of carbonyl (C=O) groups excluding carboxylic acids is 2. The molecule has 0 heterocycles. The minimum Gasteiger partial charge on any atom is -0.493 e. The summed E-state index contributed by atoms with van der Waals surface area (Å²) in [5, 5.41) is 11.5. The number of ether oxygens (including phenoxy) is 3.